The lowest BCUT2D eigenvalue weighted by Gasteiger charge is -2.21. The second kappa shape index (κ2) is 7.70. The first-order chi connectivity index (χ1) is 9.33. The Morgan fingerprint density at radius 3 is 2.90 bits per heavy atom. The molecule has 0 aromatic heterocycles. The first-order valence-electron chi connectivity index (χ1n) is 6.17. The molecule has 1 aliphatic rings. The van der Waals surface area contributed by atoms with E-state index in [0.717, 1.165) is 6.26 Å². The van der Waals surface area contributed by atoms with Gasteiger partial charge >= 0.3 is 6.09 Å². The Balaban J connectivity index is 2.55. The molecule has 1 amide bonds. The average molecular weight is 320 g/mol. The van der Waals surface area contributed by atoms with Crippen molar-refractivity contribution in [2.24, 2.45) is 0 Å². The Kier molecular flexibility index (Phi) is 6.57. The second-order valence-electron chi connectivity index (χ2n) is 4.52. The molecular weight excluding hydrogens is 300 g/mol. The minimum Gasteiger partial charge on any atom is -0.445 e. The van der Waals surface area contributed by atoms with Crippen molar-refractivity contribution in [2.45, 2.75) is 17.7 Å². The molecule has 1 N–H and O–H groups in total. The molecule has 0 radical (unpaired) electrons. The van der Waals surface area contributed by atoms with Crippen LogP contribution in [0.15, 0.2) is 24.8 Å². The zero-order chi connectivity index (χ0) is 15.2. The van der Waals surface area contributed by atoms with Crippen molar-refractivity contribution in [3.8, 4) is 0 Å². The number of ether oxygens (including phenoxy) is 1. The summed E-state index contributed by atoms with van der Waals surface area (Å²) in [5, 5.41) is 0.0869. The highest BCUT2D eigenvalue weighted by atomic mass is 32.2. The summed E-state index contributed by atoms with van der Waals surface area (Å²) in [7, 11) is -3.21. The number of carbonyl (C=O) groups is 1. The summed E-state index contributed by atoms with van der Waals surface area (Å²) in [6, 6.07) is -0.129. The molecule has 0 aromatic carbocycles. The molecule has 0 saturated carbocycles. The quantitative estimate of drug-likeness (QED) is 0.560. The number of hydrogen-bond donors (Lipinski definition) is 2. The van der Waals surface area contributed by atoms with Gasteiger partial charge in [-0.1, -0.05) is 24.8 Å². The Morgan fingerprint density at radius 1 is 1.60 bits per heavy atom. The number of amides is 1. The summed E-state index contributed by atoms with van der Waals surface area (Å²) in [5.74, 6) is 0. The number of hydrogen-bond acceptors (Lipinski definition) is 5. The lowest BCUT2D eigenvalue weighted by Crippen LogP contribution is -2.35. The summed E-state index contributed by atoms with van der Waals surface area (Å²) in [4.78, 5) is 13.4. The van der Waals surface area contributed by atoms with Gasteiger partial charge in [-0.25, -0.2) is 17.9 Å². The fourth-order valence-electron chi connectivity index (χ4n) is 1.87. The molecule has 1 aliphatic heterocycles. The molecule has 1 saturated heterocycles. The van der Waals surface area contributed by atoms with Gasteiger partial charge in [0.25, 0.3) is 0 Å². The largest absolute Gasteiger partial charge is 0.445 e. The number of nitrogens with zero attached hydrogens (tertiary/aromatic N) is 1. The summed E-state index contributed by atoms with van der Waals surface area (Å²) in [6.45, 7) is 4.36. The van der Waals surface area contributed by atoms with E-state index in [1.54, 1.807) is 17.1 Å². The van der Waals surface area contributed by atoms with E-state index in [4.69, 9.17) is 4.74 Å². The van der Waals surface area contributed by atoms with Crippen LogP contribution in [0.1, 0.15) is 6.42 Å². The summed E-state index contributed by atoms with van der Waals surface area (Å²) >= 11 is 4.37. The third-order valence-electron chi connectivity index (χ3n) is 2.70. The van der Waals surface area contributed by atoms with Crippen molar-refractivity contribution < 1.29 is 17.9 Å². The first-order valence-corrected chi connectivity index (χ1v) is 8.58. The lowest BCUT2D eigenvalue weighted by molar-refractivity contribution is 0.114. The highest BCUT2D eigenvalue weighted by molar-refractivity contribution is 7.88. The van der Waals surface area contributed by atoms with E-state index < -0.39 is 16.1 Å². The maximum Gasteiger partial charge on any atom is 0.410 e. The predicted octanol–water partition coefficient (Wildman–Crippen LogP) is 0.787. The van der Waals surface area contributed by atoms with E-state index in [-0.39, 0.29) is 24.4 Å². The fourth-order valence-corrected chi connectivity index (χ4v) is 2.66. The third kappa shape index (κ3) is 5.98. The summed E-state index contributed by atoms with van der Waals surface area (Å²) in [5.41, 5.74) is 0. The Morgan fingerprint density at radius 2 is 2.30 bits per heavy atom. The average Bonchev–Trinajstić information content (AvgIpc) is 2.72. The van der Waals surface area contributed by atoms with Crippen LogP contribution in [0.2, 0.25) is 0 Å². The number of likely N-dealkylation sites (tertiary alicyclic amines) is 1. The topological polar surface area (TPSA) is 75.7 Å². The molecule has 0 bridgehead atoms. The molecule has 8 heteroatoms. The number of carbonyl (C=O) groups excluding carboxylic acids is 1. The lowest BCUT2D eigenvalue weighted by atomic mass is 10.2. The Bertz CT molecular complexity index is 476. The van der Waals surface area contributed by atoms with Gasteiger partial charge in [0.05, 0.1) is 12.3 Å². The van der Waals surface area contributed by atoms with Crippen LogP contribution in [0, 0.1) is 0 Å². The van der Waals surface area contributed by atoms with E-state index in [2.05, 4.69) is 23.9 Å². The van der Waals surface area contributed by atoms with Crippen LogP contribution in [0.5, 0.6) is 0 Å². The minimum atomic E-state index is -3.21. The molecule has 2 atom stereocenters. The molecule has 6 nitrogen and oxygen atoms in total. The molecule has 0 aromatic rings. The van der Waals surface area contributed by atoms with Gasteiger partial charge in [-0.05, 0) is 6.42 Å². The zero-order valence-corrected chi connectivity index (χ0v) is 13.1. The SMILES string of the molecule is C=CCOC(=O)N1C[C@@H](S)C[C@H]1/C=C\CNS(C)(=O)=O. The molecule has 1 rings (SSSR count). The van der Waals surface area contributed by atoms with Gasteiger partial charge in [-0.15, -0.1) is 0 Å². The maximum absolute atomic E-state index is 11.8. The van der Waals surface area contributed by atoms with Gasteiger partial charge in [0.2, 0.25) is 10.0 Å². The third-order valence-corrected chi connectivity index (χ3v) is 3.77. The molecule has 0 spiro atoms. The van der Waals surface area contributed by atoms with Gasteiger partial charge < -0.3 is 9.64 Å². The number of thiol groups is 1. The minimum absolute atomic E-state index is 0.0869. The fraction of sp³-hybridized carbons (Fsp3) is 0.583. The smallest absolute Gasteiger partial charge is 0.410 e. The molecule has 0 aliphatic carbocycles. The van der Waals surface area contributed by atoms with Crippen LogP contribution in [0.3, 0.4) is 0 Å². The van der Waals surface area contributed by atoms with Crippen molar-refractivity contribution in [1.82, 2.24) is 9.62 Å². The van der Waals surface area contributed by atoms with Gasteiger partial charge in [-0.3, -0.25) is 0 Å². The van der Waals surface area contributed by atoms with Crippen LogP contribution in [0.25, 0.3) is 0 Å². The van der Waals surface area contributed by atoms with Crippen molar-refractivity contribution in [3.63, 3.8) is 0 Å². The number of nitrogens with one attached hydrogen (secondary N) is 1. The highest BCUT2D eigenvalue weighted by Crippen LogP contribution is 2.23. The van der Waals surface area contributed by atoms with Crippen LogP contribution < -0.4 is 4.72 Å². The second-order valence-corrected chi connectivity index (χ2v) is 7.09. The molecule has 20 heavy (non-hydrogen) atoms. The van der Waals surface area contributed by atoms with Gasteiger partial charge in [0.1, 0.15) is 6.61 Å². The van der Waals surface area contributed by atoms with Crippen LogP contribution in [-0.4, -0.2) is 56.7 Å². The van der Waals surface area contributed by atoms with Gasteiger partial charge in [0.15, 0.2) is 0 Å². The number of sulfonamides is 1. The van der Waals surface area contributed by atoms with E-state index in [1.165, 1.54) is 6.08 Å². The van der Waals surface area contributed by atoms with E-state index >= 15 is 0 Å². The van der Waals surface area contributed by atoms with Gasteiger partial charge in [0, 0.05) is 18.3 Å². The maximum atomic E-state index is 11.8. The van der Waals surface area contributed by atoms with Crippen LogP contribution >= 0.6 is 12.6 Å². The predicted molar refractivity (Wildman–Crippen MR) is 81.4 cm³/mol. The van der Waals surface area contributed by atoms with Gasteiger partial charge in [-0.2, -0.15) is 12.6 Å². The van der Waals surface area contributed by atoms with Crippen molar-refractivity contribution in [1.29, 1.82) is 0 Å². The molecule has 1 fully saturated rings. The van der Waals surface area contributed by atoms with E-state index in [1.807, 2.05) is 0 Å². The Labute approximate surface area is 125 Å². The zero-order valence-electron chi connectivity index (χ0n) is 11.4. The Hall–Kier alpha value is -0.990. The van der Waals surface area contributed by atoms with Crippen LogP contribution in [0.4, 0.5) is 4.79 Å². The summed E-state index contributed by atoms with van der Waals surface area (Å²) < 4.78 is 29.2. The number of rotatable bonds is 6. The normalized spacial score (nSPS) is 23.2. The van der Waals surface area contributed by atoms with Crippen molar-refractivity contribution >= 4 is 28.7 Å². The van der Waals surface area contributed by atoms with Crippen molar-refractivity contribution in [2.75, 3.05) is 26.0 Å². The van der Waals surface area contributed by atoms with E-state index in [9.17, 15) is 13.2 Å². The van der Waals surface area contributed by atoms with Crippen molar-refractivity contribution in [3.05, 3.63) is 24.8 Å². The first kappa shape index (κ1) is 17.1. The monoisotopic (exact) mass is 320 g/mol. The molecular formula is C12H20N2O4S2. The molecule has 114 valence electrons. The standard InChI is InChI=1S/C12H20N2O4S2/c1-3-7-18-12(15)14-9-11(19)8-10(14)5-4-6-13-20(2,16)17/h3-5,10-11,13,19H,1,6-9H2,2H3/b5-4-/t10-,11+/m1/s1. The molecule has 1 heterocycles. The highest BCUT2D eigenvalue weighted by Gasteiger charge is 2.32. The summed E-state index contributed by atoms with van der Waals surface area (Å²) in [6.07, 6.45) is 6.38. The molecule has 0 unspecified atom stereocenters. The van der Waals surface area contributed by atoms with Crippen LogP contribution in [-0.2, 0) is 14.8 Å². The van der Waals surface area contributed by atoms with E-state index in [0.29, 0.717) is 13.0 Å².